The van der Waals surface area contributed by atoms with Gasteiger partial charge in [0.2, 0.25) is 4.77 Å². The molecule has 0 spiro atoms. The number of rotatable bonds is 4. The third-order valence-corrected chi connectivity index (χ3v) is 4.13. The molecule has 3 aromatic rings. The maximum absolute atomic E-state index is 5.91. The third kappa shape index (κ3) is 3.00. The quantitative estimate of drug-likeness (QED) is 0.663. The first-order chi connectivity index (χ1) is 10.5. The second kappa shape index (κ2) is 6.10. The SMILES string of the molecule is Cc1cc(Br)ccc1-c1ccc(CNn2c(C)n[nH]c2=S)o1. The number of aromatic nitrogens is 3. The maximum atomic E-state index is 5.91. The van der Waals surface area contributed by atoms with Crippen molar-refractivity contribution in [3.63, 3.8) is 0 Å². The van der Waals surface area contributed by atoms with Gasteiger partial charge in [-0.05, 0) is 62.0 Å². The summed E-state index contributed by atoms with van der Waals surface area (Å²) in [4.78, 5) is 0. The summed E-state index contributed by atoms with van der Waals surface area (Å²) in [5, 5.41) is 6.78. The van der Waals surface area contributed by atoms with Gasteiger partial charge in [-0.3, -0.25) is 5.10 Å². The number of hydrogen-bond acceptors (Lipinski definition) is 4. The first-order valence-corrected chi connectivity index (χ1v) is 7.98. The van der Waals surface area contributed by atoms with Gasteiger partial charge in [-0.25, -0.2) is 4.68 Å². The van der Waals surface area contributed by atoms with Crippen LogP contribution in [-0.2, 0) is 6.54 Å². The smallest absolute Gasteiger partial charge is 0.214 e. The lowest BCUT2D eigenvalue weighted by molar-refractivity contribution is 0.521. The number of furan rings is 1. The highest BCUT2D eigenvalue weighted by Gasteiger charge is 2.08. The highest BCUT2D eigenvalue weighted by atomic mass is 79.9. The molecule has 2 aromatic heterocycles. The molecule has 0 amide bonds. The van der Waals surface area contributed by atoms with E-state index in [2.05, 4.69) is 44.5 Å². The van der Waals surface area contributed by atoms with Crippen molar-refractivity contribution >= 4 is 28.1 Å². The Morgan fingerprint density at radius 3 is 2.82 bits per heavy atom. The molecule has 0 unspecified atom stereocenters. The van der Waals surface area contributed by atoms with Crippen molar-refractivity contribution in [1.29, 1.82) is 0 Å². The normalized spacial score (nSPS) is 10.9. The van der Waals surface area contributed by atoms with E-state index in [1.54, 1.807) is 4.68 Å². The van der Waals surface area contributed by atoms with Crippen molar-refractivity contribution in [3.05, 3.63) is 56.7 Å². The molecule has 0 bridgehead atoms. The summed E-state index contributed by atoms with van der Waals surface area (Å²) in [6, 6.07) is 10.1. The maximum Gasteiger partial charge on any atom is 0.214 e. The predicted octanol–water partition coefficient (Wildman–Crippen LogP) is 4.32. The molecule has 22 heavy (non-hydrogen) atoms. The molecule has 0 radical (unpaired) electrons. The number of aromatic amines is 1. The monoisotopic (exact) mass is 378 g/mol. The van der Waals surface area contributed by atoms with E-state index in [4.69, 9.17) is 16.6 Å². The van der Waals surface area contributed by atoms with Crippen LogP contribution in [0, 0.1) is 18.6 Å². The summed E-state index contributed by atoms with van der Waals surface area (Å²) in [6.07, 6.45) is 0. The molecule has 3 rings (SSSR count). The Morgan fingerprint density at radius 2 is 2.14 bits per heavy atom. The van der Waals surface area contributed by atoms with Gasteiger partial charge in [0.15, 0.2) is 0 Å². The largest absolute Gasteiger partial charge is 0.459 e. The molecule has 0 saturated heterocycles. The summed E-state index contributed by atoms with van der Waals surface area (Å²) in [5.74, 6) is 2.47. The number of benzene rings is 1. The Labute approximate surface area is 141 Å². The van der Waals surface area contributed by atoms with Crippen molar-refractivity contribution in [3.8, 4) is 11.3 Å². The molecule has 0 aliphatic heterocycles. The molecule has 2 N–H and O–H groups in total. The van der Waals surface area contributed by atoms with Crippen LogP contribution >= 0.6 is 28.1 Å². The second-order valence-corrected chi connectivity index (χ2v) is 6.27. The minimum atomic E-state index is 0.532. The first-order valence-electron chi connectivity index (χ1n) is 6.78. The van der Waals surface area contributed by atoms with Gasteiger partial charge in [-0.15, -0.1) is 0 Å². The number of aryl methyl sites for hydroxylation is 2. The first kappa shape index (κ1) is 15.1. The van der Waals surface area contributed by atoms with Gasteiger partial charge < -0.3 is 9.84 Å². The summed E-state index contributed by atoms with van der Waals surface area (Å²) in [5.41, 5.74) is 5.44. The Kier molecular flexibility index (Phi) is 4.17. The van der Waals surface area contributed by atoms with Crippen LogP contribution in [0.5, 0.6) is 0 Å². The van der Waals surface area contributed by atoms with Crippen LogP contribution in [0.15, 0.2) is 39.2 Å². The molecular weight excluding hydrogens is 364 g/mol. The van der Waals surface area contributed by atoms with Crippen LogP contribution < -0.4 is 5.43 Å². The van der Waals surface area contributed by atoms with E-state index in [0.29, 0.717) is 11.3 Å². The molecule has 0 aliphatic carbocycles. The van der Waals surface area contributed by atoms with Gasteiger partial charge >= 0.3 is 0 Å². The summed E-state index contributed by atoms with van der Waals surface area (Å²) >= 11 is 8.62. The molecule has 7 heteroatoms. The van der Waals surface area contributed by atoms with E-state index in [-0.39, 0.29) is 0 Å². The molecule has 0 fully saturated rings. The van der Waals surface area contributed by atoms with E-state index in [1.807, 2.05) is 31.2 Å². The zero-order chi connectivity index (χ0) is 15.7. The van der Waals surface area contributed by atoms with Gasteiger partial charge in [-0.2, -0.15) is 5.10 Å². The number of nitrogens with zero attached hydrogens (tertiary/aromatic N) is 2. The lowest BCUT2D eigenvalue weighted by atomic mass is 10.1. The fourth-order valence-electron chi connectivity index (χ4n) is 2.24. The lowest BCUT2D eigenvalue weighted by Crippen LogP contribution is -2.15. The second-order valence-electron chi connectivity index (χ2n) is 4.97. The van der Waals surface area contributed by atoms with Gasteiger partial charge in [0, 0.05) is 10.0 Å². The van der Waals surface area contributed by atoms with Crippen molar-refractivity contribution in [2.75, 3.05) is 5.43 Å². The molecule has 2 heterocycles. The van der Waals surface area contributed by atoms with Crippen LogP contribution in [0.3, 0.4) is 0 Å². The van der Waals surface area contributed by atoms with Crippen molar-refractivity contribution in [2.45, 2.75) is 20.4 Å². The minimum Gasteiger partial charge on any atom is -0.459 e. The number of halogens is 1. The molecule has 5 nitrogen and oxygen atoms in total. The highest BCUT2D eigenvalue weighted by Crippen LogP contribution is 2.27. The molecule has 114 valence electrons. The third-order valence-electron chi connectivity index (χ3n) is 3.37. The number of H-pyrrole nitrogens is 1. The van der Waals surface area contributed by atoms with E-state index < -0.39 is 0 Å². The molecular formula is C15H15BrN4OS. The standard InChI is InChI=1S/C15H15BrN4OS/c1-9-7-11(16)3-5-13(9)14-6-4-12(21-14)8-17-20-10(2)18-19-15(20)22/h3-7,17H,8H2,1-2H3,(H,19,22). The lowest BCUT2D eigenvalue weighted by Gasteiger charge is -2.06. The van der Waals surface area contributed by atoms with Gasteiger partial charge in [0.25, 0.3) is 0 Å². The fraction of sp³-hybridized carbons (Fsp3) is 0.200. The molecule has 0 saturated carbocycles. The summed E-state index contributed by atoms with van der Waals surface area (Å²) in [6.45, 7) is 4.47. The van der Waals surface area contributed by atoms with Crippen LogP contribution in [0.1, 0.15) is 17.1 Å². The average molecular weight is 379 g/mol. The topological polar surface area (TPSA) is 58.8 Å². The number of nitrogens with one attached hydrogen (secondary N) is 2. The average Bonchev–Trinajstić information content (AvgIpc) is 3.05. The summed E-state index contributed by atoms with van der Waals surface area (Å²) in [7, 11) is 0. The zero-order valence-electron chi connectivity index (χ0n) is 12.2. The molecule has 0 aliphatic rings. The van der Waals surface area contributed by atoms with Gasteiger partial charge in [0.05, 0.1) is 6.54 Å². The van der Waals surface area contributed by atoms with Crippen LogP contribution in [-0.4, -0.2) is 14.9 Å². The van der Waals surface area contributed by atoms with Crippen molar-refractivity contribution in [1.82, 2.24) is 14.9 Å². The van der Waals surface area contributed by atoms with Crippen LogP contribution in [0.4, 0.5) is 0 Å². The zero-order valence-corrected chi connectivity index (χ0v) is 14.6. The van der Waals surface area contributed by atoms with Crippen LogP contribution in [0.25, 0.3) is 11.3 Å². The van der Waals surface area contributed by atoms with Gasteiger partial charge in [0.1, 0.15) is 17.3 Å². The Balaban J connectivity index is 1.78. The highest BCUT2D eigenvalue weighted by molar-refractivity contribution is 9.10. The van der Waals surface area contributed by atoms with E-state index in [1.165, 1.54) is 0 Å². The minimum absolute atomic E-state index is 0.532. The fourth-order valence-corrected chi connectivity index (χ4v) is 2.96. The van der Waals surface area contributed by atoms with Crippen LogP contribution in [0.2, 0.25) is 0 Å². The van der Waals surface area contributed by atoms with Crippen molar-refractivity contribution < 1.29 is 4.42 Å². The van der Waals surface area contributed by atoms with Crippen molar-refractivity contribution in [2.24, 2.45) is 0 Å². The van der Waals surface area contributed by atoms with E-state index >= 15 is 0 Å². The Hall–Kier alpha value is -1.86. The molecule has 0 atom stereocenters. The summed E-state index contributed by atoms with van der Waals surface area (Å²) < 4.78 is 9.23. The Bertz CT molecular complexity index is 865. The van der Waals surface area contributed by atoms with Gasteiger partial charge in [-0.1, -0.05) is 15.9 Å². The Morgan fingerprint density at radius 1 is 1.32 bits per heavy atom. The van der Waals surface area contributed by atoms with E-state index in [9.17, 15) is 0 Å². The predicted molar refractivity (Wildman–Crippen MR) is 91.8 cm³/mol. The number of hydrogen-bond donors (Lipinski definition) is 2. The molecule has 1 aromatic carbocycles. The van der Waals surface area contributed by atoms with E-state index in [0.717, 1.165) is 32.9 Å².